The average molecular weight is 474 g/mol. The minimum atomic E-state index is -4.90. The summed E-state index contributed by atoms with van der Waals surface area (Å²) in [7, 11) is 0. The molecule has 3 N–H and O–H groups in total. The molecule has 7 nitrogen and oxygen atoms in total. The molecule has 1 saturated heterocycles. The van der Waals surface area contributed by atoms with Crippen LogP contribution in [-0.4, -0.2) is 74.8 Å². The lowest BCUT2D eigenvalue weighted by atomic mass is 10.1. The van der Waals surface area contributed by atoms with Gasteiger partial charge in [-0.3, -0.25) is 14.5 Å². The Morgan fingerprint density at radius 2 is 1.94 bits per heavy atom. The lowest BCUT2D eigenvalue weighted by Gasteiger charge is -2.30. The van der Waals surface area contributed by atoms with E-state index in [1.165, 1.54) is 11.0 Å². The van der Waals surface area contributed by atoms with Gasteiger partial charge in [-0.15, -0.1) is 0 Å². The van der Waals surface area contributed by atoms with E-state index in [1.54, 1.807) is 0 Å². The SMILES string of the molecule is NC[C@@H](C(=O)Nc1ccc(N2CCOCC2=O)cc1C(F)F)N(CC(F)F)CC(F)(F)F. The Kier molecular flexibility index (Phi) is 8.81. The van der Waals surface area contributed by atoms with Crippen molar-refractivity contribution in [2.75, 3.05) is 49.6 Å². The topological polar surface area (TPSA) is 87.9 Å². The fourth-order valence-electron chi connectivity index (χ4n) is 3.15. The Morgan fingerprint density at radius 3 is 2.47 bits per heavy atom. The van der Waals surface area contributed by atoms with Crippen LogP contribution in [0.4, 0.5) is 42.1 Å². The maximum Gasteiger partial charge on any atom is 0.401 e. The Hall–Kier alpha value is -2.45. The Morgan fingerprint density at radius 1 is 1.25 bits per heavy atom. The van der Waals surface area contributed by atoms with Gasteiger partial charge in [-0.1, -0.05) is 0 Å². The van der Waals surface area contributed by atoms with E-state index in [4.69, 9.17) is 10.5 Å². The number of rotatable bonds is 9. The summed E-state index contributed by atoms with van der Waals surface area (Å²) in [5.74, 6) is -1.72. The van der Waals surface area contributed by atoms with Crippen LogP contribution in [0, 0.1) is 0 Å². The van der Waals surface area contributed by atoms with Crippen LogP contribution in [0.15, 0.2) is 18.2 Å². The van der Waals surface area contributed by atoms with Crippen LogP contribution in [0.3, 0.4) is 0 Å². The van der Waals surface area contributed by atoms with Gasteiger partial charge in [-0.2, -0.15) is 13.2 Å². The molecule has 1 atom stereocenters. The molecule has 0 radical (unpaired) electrons. The first-order valence-corrected chi connectivity index (χ1v) is 9.33. The number of hydrogen-bond acceptors (Lipinski definition) is 5. The van der Waals surface area contributed by atoms with Gasteiger partial charge >= 0.3 is 6.18 Å². The largest absolute Gasteiger partial charge is 0.401 e. The van der Waals surface area contributed by atoms with Crippen molar-refractivity contribution in [3.05, 3.63) is 23.8 Å². The average Bonchev–Trinajstić information content (AvgIpc) is 2.67. The van der Waals surface area contributed by atoms with Crippen molar-refractivity contribution in [3.8, 4) is 0 Å². The van der Waals surface area contributed by atoms with Crippen molar-refractivity contribution in [2.24, 2.45) is 5.73 Å². The van der Waals surface area contributed by atoms with E-state index in [-0.39, 0.29) is 30.3 Å². The molecule has 180 valence electrons. The predicted octanol–water partition coefficient (Wildman–Crippen LogP) is 2.38. The molecule has 1 aromatic rings. The second kappa shape index (κ2) is 10.9. The second-order valence-electron chi connectivity index (χ2n) is 6.85. The van der Waals surface area contributed by atoms with Crippen molar-refractivity contribution in [3.63, 3.8) is 0 Å². The molecule has 0 bridgehead atoms. The van der Waals surface area contributed by atoms with Crippen LogP contribution >= 0.6 is 0 Å². The monoisotopic (exact) mass is 474 g/mol. The molecule has 0 aliphatic carbocycles. The zero-order chi connectivity index (χ0) is 24.1. The van der Waals surface area contributed by atoms with Crippen LogP contribution < -0.4 is 16.0 Å². The minimum Gasteiger partial charge on any atom is -0.370 e. The first kappa shape index (κ1) is 25.8. The van der Waals surface area contributed by atoms with E-state index in [2.05, 4.69) is 0 Å². The molecule has 1 heterocycles. The fourth-order valence-corrected chi connectivity index (χ4v) is 3.15. The number of hydrogen-bond donors (Lipinski definition) is 2. The summed E-state index contributed by atoms with van der Waals surface area (Å²) in [4.78, 5) is 25.8. The van der Waals surface area contributed by atoms with Gasteiger partial charge in [-0.05, 0) is 18.2 Å². The van der Waals surface area contributed by atoms with Crippen LogP contribution in [0.2, 0.25) is 0 Å². The van der Waals surface area contributed by atoms with Gasteiger partial charge in [0, 0.05) is 30.0 Å². The Bertz CT molecular complexity index is 807. The molecular formula is C18H21F7N4O3. The number of nitrogens with zero attached hydrogens (tertiary/aromatic N) is 2. The van der Waals surface area contributed by atoms with Crippen LogP contribution in [0.25, 0.3) is 0 Å². The highest BCUT2D eigenvalue weighted by atomic mass is 19.4. The quantitative estimate of drug-likeness (QED) is 0.537. The third-order valence-electron chi connectivity index (χ3n) is 4.55. The highest BCUT2D eigenvalue weighted by Gasteiger charge is 2.37. The van der Waals surface area contributed by atoms with Crippen molar-refractivity contribution in [2.45, 2.75) is 25.1 Å². The van der Waals surface area contributed by atoms with E-state index in [1.807, 2.05) is 5.32 Å². The first-order valence-electron chi connectivity index (χ1n) is 9.33. The summed E-state index contributed by atoms with van der Waals surface area (Å²) < 4.78 is 96.0. The summed E-state index contributed by atoms with van der Waals surface area (Å²) >= 11 is 0. The second-order valence-corrected chi connectivity index (χ2v) is 6.85. The molecule has 2 rings (SSSR count). The number of benzene rings is 1. The highest BCUT2D eigenvalue weighted by molar-refractivity contribution is 5.97. The maximum atomic E-state index is 13.6. The molecule has 1 fully saturated rings. The zero-order valence-corrected chi connectivity index (χ0v) is 16.5. The van der Waals surface area contributed by atoms with E-state index in [0.717, 1.165) is 12.1 Å². The molecule has 1 aliphatic rings. The molecule has 0 aromatic heterocycles. The Balaban J connectivity index is 2.28. The van der Waals surface area contributed by atoms with Gasteiger partial charge in [0.25, 0.3) is 18.8 Å². The molecular weight excluding hydrogens is 453 g/mol. The van der Waals surface area contributed by atoms with Gasteiger partial charge in [-0.25, -0.2) is 17.6 Å². The summed E-state index contributed by atoms with van der Waals surface area (Å²) in [6.07, 6.45) is -11.2. The summed E-state index contributed by atoms with van der Waals surface area (Å²) in [6, 6.07) is 1.41. The van der Waals surface area contributed by atoms with E-state index in [9.17, 15) is 40.3 Å². The van der Waals surface area contributed by atoms with Crippen molar-refractivity contribution in [1.29, 1.82) is 0 Å². The summed E-state index contributed by atoms with van der Waals surface area (Å²) in [5.41, 5.74) is 4.29. The number of carbonyl (C=O) groups is 2. The number of halogens is 7. The third kappa shape index (κ3) is 7.03. The molecule has 0 unspecified atom stereocenters. The fraction of sp³-hybridized carbons (Fsp3) is 0.556. The molecule has 1 aliphatic heterocycles. The number of nitrogens with two attached hydrogens (primary N) is 1. The number of anilines is 2. The lowest BCUT2D eigenvalue weighted by Crippen LogP contribution is -2.53. The van der Waals surface area contributed by atoms with Crippen molar-refractivity contribution < 1.29 is 45.1 Å². The van der Waals surface area contributed by atoms with Crippen LogP contribution in [0.5, 0.6) is 0 Å². The molecule has 14 heteroatoms. The lowest BCUT2D eigenvalue weighted by molar-refractivity contribution is -0.157. The van der Waals surface area contributed by atoms with E-state index < -0.39 is 67.8 Å². The maximum absolute atomic E-state index is 13.6. The normalized spacial score (nSPS) is 16.2. The Labute approximate surface area is 178 Å². The van der Waals surface area contributed by atoms with E-state index in [0.29, 0.717) is 0 Å². The number of alkyl halides is 7. The number of ether oxygens (including phenoxy) is 1. The van der Waals surface area contributed by atoms with Crippen molar-refractivity contribution in [1.82, 2.24) is 4.90 Å². The van der Waals surface area contributed by atoms with Gasteiger partial charge in [0.05, 0.1) is 19.7 Å². The predicted molar refractivity (Wildman–Crippen MR) is 99.7 cm³/mol. The van der Waals surface area contributed by atoms with Crippen LogP contribution in [0.1, 0.15) is 12.0 Å². The number of amides is 2. The van der Waals surface area contributed by atoms with Gasteiger partial charge < -0.3 is 20.7 Å². The molecule has 0 saturated carbocycles. The van der Waals surface area contributed by atoms with Crippen molar-refractivity contribution >= 4 is 23.2 Å². The molecule has 32 heavy (non-hydrogen) atoms. The smallest absolute Gasteiger partial charge is 0.370 e. The zero-order valence-electron chi connectivity index (χ0n) is 16.5. The molecule has 2 amide bonds. The number of carbonyl (C=O) groups excluding carboxylic acids is 2. The summed E-state index contributed by atoms with van der Waals surface area (Å²) in [5, 5.41) is 2.04. The minimum absolute atomic E-state index is 0.110. The first-order chi connectivity index (χ1) is 14.9. The number of morpholine rings is 1. The summed E-state index contributed by atoms with van der Waals surface area (Å²) in [6.45, 7) is -3.94. The third-order valence-corrected chi connectivity index (χ3v) is 4.55. The number of nitrogens with one attached hydrogen (secondary N) is 1. The highest BCUT2D eigenvalue weighted by Crippen LogP contribution is 2.32. The van der Waals surface area contributed by atoms with Crippen LogP contribution in [-0.2, 0) is 14.3 Å². The van der Waals surface area contributed by atoms with Gasteiger partial charge in [0.15, 0.2) is 0 Å². The molecule has 1 aromatic carbocycles. The standard InChI is InChI=1S/C18H21F7N4O3/c19-14(20)7-28(9-18(23,24)25)13(6-26)17(31)27-12-2-1-10(5-11(12)16(21)22)29-3-4-32-8-15(29)30/h1-2,5,13-14,16H,3-4,6-9,26H2,(H,27,31)/t13-/m0/s1. The van der Waals surface area contributed by atoms with Gasteiger partial charge in [0.1, 0.15) is 12.6 Å². The van der Waals surface area contributed by atoms with E-state index >= 15 is 0 Å². The molecule has 0 spiro atoms. The van der Waals surface area contributed by atoms with Gasteiger partial charge in [0.2, 0.25) is 5.91 Å².